The molecule has 0 aliphatic heterocycles. The molecule has 0 amide bonds. The third kappa shape index (κ3) is 14.8. The van der Waals surface area contributed by atoms with Gasteiger partial charge in [-0.2, -0.15) is 0 Å². The molecule has 0 aliphatic carbocycles. The molecule has 23 heavy (non-hydrogen) atoms. The highest BCUT2D eigenvalue weighted by molar-refractivity contribution is 5.85. The summed E-state index contributed by atoms with van der Waals surface area (Å²) in [5.41, 5.74) is 1.39. The lowest BCUT2D eigenvalue weighted by molar-refractivity contribution is 0.504. The lowest BCUT2D eigenvalue weighted by Gasteiger charge is -2.06. The summed E-state index contributed by atoms with van der Waals surface area (Å²) >= 11 is 0. The first-order valence-corrected chi connectivity index (χ1v) is 9.53. The molecular weight excluding hydrogens is 302 g/mol. The Labute approximate surface area is 151 Å². The SMILES string of the molecule is CC(C)CCCCCCCCCCCNCc1ccccc1.Cl. The maximum Gasteiger partial charge on any atom is 0.0205 e. The third-order valence-electron chi connectivity index (χ3n) is 4.31. The smallest absolute Gasteiger partial charge is 0.0205 e. The van der Waals surface area contributed by atoms with Gasteiger partial charge in [0.2, 0.25) is 0 Å². The van der Waals surface area contributed by atoms with Gasteiger partial charge < -0.3 is 5.32 Å². The number of halogens is 1. The predicted molar refractivity (Wildman–Crippen MR) is 106 cm³/mol. The van der Waals surface area contributed by atoms with Crippen molar-refractivity contribution < 1.29 is 0 Å². The van der Waals surface area contributed by atoms with Crippen molar-refractivity contribution in [2.24, 2.45) is 5.92 Å². The minimum atomic E-state index is 0. The summed E-state index contributed by atoms with van der Waals surface area (Å²) in [5, 5.41) is 3.54. The van der Waals surface area contributed by atoms with Gasteiger partial charge in [0.05, 0.1) is 0 Å². The molecule has 0 heterocycles. The first-order valence-electron chi connectivity index (χ1n) is 9.53. The fourth-order valence-corrected chi connectivity index (χ4v) is 2.87. The van der Waals surface area contributed by atoms with Crippen LogP contribution >= 0.6 is 12.4 Å². The van der Waals surface area contributed by atoms with E-state index < -0.39 is 0 Å². The van der Waals surface area contributed by atoms with Gasteiger partial charge in [-0.15, -0.1) is 12.4 Å². The van der Waals surface area contributed by atoms with Crippen LogP contribution in [-0.2, 0) is 6.54 Å². The number of rotatable bonds is 14. The Morgan fingerprint density at radius 3 is 1.83 bits per heavy atom. The van der Waals surface area contributed by atoms with Gasteiger partial charge >= 0.3 is 0 Å². The number of hydrogen-bond donors (Lipinski definition) is 1. The average Bonchev–Trinajstić information content (AvgIpc) is 2.52. The minimum Gasteiger partial charge on any atom is -0.313 e. The molecule has 0 aromatic heterocycles. The first-order chi connectivity index (χ1) is 10.8. The van der Waals surface area contributed by atoms with Crippen molar-refractivity contribution in [1.29, 1.82) is 0 Å². The van der Waals surface area contributed by atoms with Crippen molar-refractivity contribution >= 4 is 12.4 Å². The van der Waals surface area contributed by atoms with E-state index in [0.29, 0.717) is 0 Å². The van der Waals surface area contributed by atoms with Gasteiger partial charge in [0, 0.05) is 6.54 Å². The van der Waals surface area contributed by atoms with E-state index in [4.69, 9.17) is 0 Å². The fraction of sp³-hybridized carbons (Fsp3) is 0.714. The van der Waals surface area contributed by atoms with Gasteiger partial charge in [0.25, 0.3) is 0 Å². The van der Waals surface area contributed by atoms with Gasteiger partial charge in [0.1, 0.15) is 0 Å². The van der Waals surface area contributed by atoms with E-state index in [1.54, 1.807) is 0 Å². The van der Waals surface area contributed by atoms with Crippen LogP contribution in [0.25, 0.3) is 0 Å². The second-order valence-corrected chi connectivity index (χ2v) is 7.03. The average molecular weight is 340 g/mol. The lowest BCUT2D eigenvalue weighted by Crippen LogP contribution is -2.14. The summed E-state index contributed by atoms with van der Waals surface area (Å²) in [6.07, 6.45) is 14.2. The zero-order valence-electron chi connectivity index (χ0n) is 15.4. The molecule has 0 unspecified atom stereocenters. The maximum atomic E-state index is 3.54. The van der Waals surface area contributed by atoms with Crippen LogP contribution in [0.4, 0.5) is 0 Å². The van der Waals surface area contributed by atoms with E-state index >= 15 is 0 Å². The molecule has 134 valence electrons. The molecule has 0 radical (unpaired) electrons. The van der Waals surface area contributed by atoms with Crippen molar-refractivity contribution in [3.05, 3.63) is 35.9 Å². The molecule has 1 nitrogen and oxygen atoms in total. The molecule has 1 N–H and O–H groups in total. The molecule has 0 atom stereocenters. The number of nitrogens with one attached hydrogen (secondary N) is 1. The second kappa shape index (κ2) is 16.3. The summed E-state index contributed by atoms with van der Waals surface area (Å²) in [5.74, 6) is 0.885. The van der Waals surface area contributed by atoms with Crippen molar-refractivity contribution in [3.8, 4) is 0 Å². The Morgan fingerprint density at radius 2 is 1.26 bits per heavy atom. The molecule has 0 saturated heterocycles. The first kappa shape index (κ1) is 22.5. The zero-order valence-corrected chi connectivity index (χ0v) is 16.2. The summed E-state index contributed by atoms with van der Waals surface area (Å²) in [4.78, 5) is 0. The summed E-state index contributed by atoms with van der Waals surface area (Å²) in [6.45, 7) is 6.82. The molecular formula is C21H38ClN. The van der Waals surface area contributed by atoms with E-state index in [0.717, 1.165) is 19.0 Å². The van der Waals surface area contributed by atoms with Crippen LogP contribution in [0.3, 0.4) is 0 Å². The predicted octanol–water partition coefficient (Wildman–Crippen LogP) is 6.76. The van der Waals surface area contributed by atoms with Gasteiger partial charge in [-0.05, 0) is 24.4 Å². The molecule has 0 fully saturated rings. The van der Waals surface area contributed by atoms with Crippen LogP contribution < -0.4 is 5.32 Å². The number of unbranched alkanes of at least 4 members (excludes halogenated alkanes) is 8. The van der Waals surface area contributed by atoms with Gasteiger partial charge in [-0.1, -0.05) is 102 Å². The summed E-state index contributed by atoms with van der Waals surface area (Å²) < 4.78 is 0. The Morgan fingerprint density at radius 1 is 0.739 bits per heavy atom. The largest absolute Gasteiger partial charge is 0.313 e. The van der Waals surface area contributed by atoms with Crippen molar-refractivity contribution in [2.75, 3.05) is 6.54 Å². The third-order valence-corrected chi connectivity index (χ3v) is 4.31. The Balaban J connectivity index is 0.00000484. The molecule has 1 rings (SSSR count). The monoisotopic (exact) mass is 339 g/mol. The summed E-state index contributed by atoms with van der Waals surface area (Å²) in [6, 6.07) is 10.7. The van der Waals surface area contributed by atoms with E-state index in [-0.39, 0.29) is 12.4 Å². The highest BCUT2D eigenvalue weighted by Gasteiger charge is 1.96. The lowest BCUT2D eigenvalue weighted by atomic mass is 10.0. The van der Waals surface area contributed by atoms with Gasteiger partial charge in [-0.3, -0.25) is 0 Å². The molecule has 0 bridgehead atoms. The van der Waals surface area contributed by atoms with Crippen LogP contribution in [0.5, 0.6) is 0 Å². The molecule has 0 spiro atoms. The quantitative estimate of drug-likeness (QED) is 0.369. The van der Waals surface area contributed by atoms with Gasteiger partial charge in [0.15, 0.2) is 0 Å². The van der Waals surface area contributed by atoms with Crippen molar-refractivity contribution in [1.82, 2.24) is 5.32 Å². The van der Waals surface area contributed by atoms with Crippen LogP contribution in [0, 0.1) is 5.92 Å². The van der Waals surface area contributed by atoms with E-state index in [2.05, 4.69) is 49.5 Å². The summed E-state index contributed by atoms with van der Waals surface area (Å²) in [7, 11) is 0. The van der Waals surface area contributed by atoms with E-state index in [1.165, 1.54) is 69.8 Å². The van der Waals surface area contributed by atoms with E-state index in [9.17, 15) is 0 Å². The topological polar surface area (TPSA) is 12.0 Å². The molecule has 1 aromatic rings. The minimum absolute atomic E-state index is 0. The maximum absolute atomic E-state index is 3.54. The van der Waals surface area contributed by atoms with Crippen molar-refractivity contribution in [3.63, 3.8) is 0 Å². The molecule has 1 aromatic carbocycles. The molecule has 2 heteroatoms. The highest BCUT2D eigenvalue weighted by atomic mass is 35.5. The highest BCUT2D eigenvalue weighted by Crippen LogP contribution is 2.12. The fourth-order valence-electron chi connectivity index (χ4n) is 2.87. The van der Waals surface area contributed by atoms with E-state index in [1.807, 2.05) is 0 Å². The Bertz CT molecular complexity index is 337. The van der Waals surface area contributed by atoms with Crippen LogP contribution in [-0.4, -0.2) is 6.54 Å². The number of benzene rings is 1. The molecule has 0 aliphatic rings. The van der Waals surface area contributed by atoms with Crippen LogP contribution in [0.1, 0.15) is 83.6 Å². The second-order valence-electron chi connectivity index (χ2n) is 7.03. The number of hydrogen-bond acceptors (Lipinski definition) is 1. The molecule has 0 saturated carbocycles. The van der Waals surface area contributed by atoms with Gasteiger partial charge in [-0.25, -0.2) is 0 Å². The van der Waals surface area contributed by atoms with Crippen LogP contribution in [0.2, 0.25) is 0 Å². The Kier molecular flexibility index (Phi) is 16.0. The van der Waals surface area contributed by atoms with Crippen molar-refractivity contribution in [2.45, 2.75) is 84.6 Å². The zero-order chi connectivity index (χ0) is 15.9. The Hall–Kier alpha value is -0.530. The normalized spacial score (nSPS) is 10.7. The standard InChI is InChI=1S/C21H37N.ClH/c1-20(2)15-11-8-6-4-3-5-7-9-14-18-22-19-21-16-12-10-13-17-21;/h10,12-13,16-17,20,22H,3-9,11,14-15,18-19H2,1-2H3;1H. The van der Waals surface area contributed by atoms with Crippen LogP contribution in [0.15, 0.2) is 30.3 Å².